The van der Waals surface area contributed by atoms with Crippen LogP contribution >= 0.6 is 11.3 Å². The Bertz CT molecular complexity index is 335. The second-order valence-electron chi connectivity index (χ2n) is 4.23. The molecule has 0 bridgehead atoms. The predicted octanol–water partition coefficient (Wildman–Crippen LogP) is 1.72. The van der Waals surface area contributed by atoms with E-state index in [-0.39, 0.29) is 0 Å². The van der Waals surface area contributed by atoms with Crippen molar-refractivity contribution < 1.29 is 0 Å². The molecule has 0 aliphatic carbocycles. The molecule has 1 unspecified atom stereocenters. The van der Waals surface area contributed by atoms with Crippen molar-refractivity contribution in [3.05, 3.63) is 15.6 Å². The molecule has 2 N–H and O–H groups in total. The maximum Gasteiger partial charge on any atom is 0.0944 e. The van der Waals surface area contributed by atoms with Gasteiger partial charge in [0.1, 0.15) is 0 Å². The van der Waals surface area contributed by atoms with E-state index in [1.165, 1.54) is 35.0 Å². The zero-order valence-electron chi connectivity index (χ0n) is 9.49. The Hall–Kier alpha value is -0.450. The lowest BCUT2D eigenvalue weighted by Gasteiger charge is -2.17. The second-order valence-corrected chi connectivity index (χ2v) is 5.51. The van der Waals surface area contributed by atoms with E-state index in [0.717, 1.165) is 6.42 Å². The molecule has 84 valence electrons. The van der Waals surface area contributed by atoms with Crippen molar-refractivity contribution in [2.24, 2.45) is 5.73 Å². The van der Waals surface area contributed by atoms with Gasteiger partial charge in [-0.1, -0.05) is 0 Å². The van der Waals surface area contributed by atoms with Gasteiger partial charge in [-0.3, -0.25) is 4.90 Å². The highest BCUT2D eigenvalue weighted by Crippen LogP contribution is 2.33. The van der Waals surface area contributed by atoms with E-state index in [0.29, 0.717) is 12.6 Å². The standard InChI is InChI=1S/C11H19N3S/c1-8-11(9-4-3-7-14(9)2)13-10(15-8)5-6-12/h9H,3-7,12H2,1-2H3. The van der Waals surface area contributed by atoms with E-state index < -0.39 is 0 Å². The SMILES string of the molecule is Cc1sc(CCN)nc1C1CCCN1C. The highest BCUT2D eigenvalue weighted by molar-refractivity contribution is 7.11. The smallest absolute Gasteiger partial charge is 0.0944 e. The quantitative estimate of drug-likeness (QED) is 0.851. The summed E-state index contributed by atoms with van der Waals surface area (Å²) in [5.41, 5.74) is 6.85. The Kier molecular flexibility index (Phi) is 3.38. The lowest BCUT2D eigenvalue weighted by atomic mass is 10.1. The Morgan fingerprint density at radius 2 is 2.40 bits per heavy atom. The van der Waals surface area contributed by atoms with Crippen molar-refractivity contribution in [2.75, 3.05) is 20.1 Å². The van der Waals surface area contributed by atoms with E-state index in [2.05, 4.69) is 18.9 Å². The molecule has 1 aromatic heterocycles. The average Bonchev–Trinajstić information content (AvgIpc) is 2.73. The van der Waals surface area contributed by atoms with Crippen LogP contribution in [0.5, 0.6) is 0 Å². The summed E-state index contributed by atoms with van der Waals surface area (Å²) in [6, 6.07) is 0.549. The Morgan fingerprint density at radius 1 is 1.60 bits per heavy atom. The molecular formula is C11H19N3S. The van der Waals surface area contributed by atoms with Crippen LogP contribution in [-0.4, -0.2) is 30.0 Å². The maximum atomic E-state index is 5.56. The summed E-state index contributed by atoms with van der Waals surface area (Å²) in [6.07, 6.45) is 3.47. The number of nitrogens with zero attached hydrogens (tertiary/aromatic N) is 2. The number of thiazole rings is 1. The highest BCUT2D eigenvalue weighted by Gasteiger charge is 2.26. The number of hydrogen-bond donors (Lipinski definition) is 1. The monoisotopic (exact) mass is 225 g/mol. The van der Waals surface area contributed by atoms with Gasteiger partial charge in [-0.05, 0) is 39.9 Å². The molecule has 0 amide bonds. The van der Waals surface area contributed by atoms with Crippen LogP contribution in [0.4, 0.5) is 0 Å². The molecule has 2 rings (SSSR count). The number of nitrogens with two attached hydrogens (primary N) is 1. The van der Waals surface area contributed by atoms with Crippen LogP contribution in [0.15, 0.2) is 0 Å². The molecule has 4 heteroatoms. The lowest BCUT2D eigenvalue weighted by molar-refractivity contribution is 0.311. The molecule has 1 aromatic rings. The lowest BCUT2D eigenvalue weighted by Crippen LogP contribution is -2.18. The molecule has 0 aromatic carbocycles. The third-order valence-corrected chi connectivity index (χ3v) is 4.12. The summed E-state index contributed by atoms with van der Waals surface area (Å²) in [5.74, 6) is 0. The number of hydrogen-bond acceptors (Lipinski definition) is 4. The summed E-state index contributed by atoms with van der Waals surface area (Å²) < 4.78 is 0. The molecule has 2 heterocycles. The zero-order chi connectivity index (χ0) is 10.8. The summed E-state index contributed by atoms with van der Waals surface area (Å²) in [7, 11) is 2.19. The van der Waals surface area contributed by atoms with E-state index in [1.54, 1.807) is 0 Å². The Morgan fingerprint density at radius 3 is 3.00 bits per heavy atom. The number of aryl methyl sites for hydroxylation is 1. The van der Waals surface area contributed by atoms with E-state index in [4.69, 9.17) is 10.7 Å². The molecular weight excluding hydrogens is 206 g/mol. The number of rotatable bonds is 3. The highest BCUT2D eigenvalue weighted by atomic mass is 32.1. The molecule has 0 saturated carbocycles. The molecule has 1 atom stereocenters. The van der Waals surface area contributed by atoms with Crippen LogP contribution in [0.1, 0.15) is 34.5 Å². The third-order valence-electron chi connectivity index (χ3n) is 3.07. The van der Waals surface area contributed by atoms with Crippen molar-refractivity contribution in [3.63, 3.8) is 0 Å². The van der Waals surface area contributed by atoms with Gasteiger partial charge in [0, 0.05) is 11.3 Å². The predicted molar refractivity (Wildman–Crippen MR) is 64.2 cm³/mol. The van der Waals surface area contributed by atoms with Gasteiger partial charge < -0.3 is 5.73 Å². The van der Waals surface area contributed by atoms with Gasteiger partial charge >= 0.3 is 0 Å². The van der Waals surface area contributed by atoms with Gasteiger partial charge in [0.15, 0.2) is 0 Å². The topological polar surface area (TPSA) is 42.1 Å². The largest absolute Gasteiger partial charge is 0.330 e. The van der Waals surface area contributed by atoms with Crippen LogP contribution < -0.4 is 5.73 Å². The minimum absolute atomic E-state index is 0.549. The summed E-state index contributed by atoms with van der Waals surface area (Å²) >= 11 is 1.81. The molecule has 0 spiro atoms. The van der Waals surface area contributed by atoms with Gasteiger partial charge in [-0.2, -0.15) is 0 Å². The average molecular weight is 225 g/mol. The maximum absolute atomic E-state index is 5.56. The van der Waals surface area contributed by atoms with Gasteiger partial charge in [-0.15, -0.1) is 11.3 Å². The van der Waals surface area contributed by atoms with Gasteiger partial charge in [0.25, 0.3) is 0 Å². The zero-order valence-corrected chi connectivity index (χ0v) is 10.3. The molecule has 3 nitrogen and oxygen atoms in total. The molecule has 1 saturated heterocycles. The van der Waals surface area contributed by atoms with Crippen molar-refractivity contribution in [1.29, 1.82) is 0 Å². The first-order valence-corrected chi connectivity index (χ1v) is 6.40. The van der Waals surface area contributed by atoms with Gasteiger partial charge in [0.05, 0.1) is 16.7 Å². The molecule has 1 aliphatic rings. The first-order valence-electron chi connectivity index (χ1n) is 5.59. The fourth-order valence-corrected chi connectivity index (χ4v) is 3.26. The van der Waals surface area contributed by atoms with Crippen molar-refractivity contribution in [2.45, 2.75) is 32.2 Å². The Balaban J connectivity index is 2.19. The third kappa shape index (κ3) is 2.22. The van der Waals surface area contributed by atoms with Crippen LogP contribution in [0.2, 0.25) is 0 Å². The first kappa shape index (κ1) is 11.0. The fourth-order valence-electron chi connectivity index (χ4n) is 2.26. The summed E-state index contributed by atoms with van der Waals surface area (Å²) in [5, 5.41) is 1.20. The summed E-state index contributed by atoms with van der Waals surface area (Å²) in [6.45, 7) is 4.08. The second kappa shape index (κ2) is 4.60. The molecule has 15 heavy (non-hydrogen) atoms. The van der Waals surface area contributed by atoms with Crippen molar-refractivity contribution in [3.8, 4) is 0 Å². The molecule has 0 radical (unpaired) electrons. The van der Waals surface area contributed by atoms with Crippen molar-refractivity contribution in [1.82, 2.24) is 9.88 Å². The van der Waals surface area contributed by atoms with Gasteiger partial charge in [0.2, 0.25) is 0 Å². The molecule has 1 aliphatic heterocycles. The van der Waals surface area contributed by atoms with Crippen LogP contribution in [0.3, 0.4) is 0 Å². The van der Waals surface area contributed by atoms with Gasteiger partial charge in [-0.25, -0.2) is 4.98 Å². The normalized spacial score (nSPS) is 22.5. The minimum Gasteiger partial charge on any atom is -0.330 e. The minimum atomic E-state index is 0.549. The van der Waals surface area contributed by atoms with E-state index >= 15 is 0 Å². The van der Waals surface area contributed by atoms with Crippen LogP contribution in [0, 0.1) is 6.92 Å². The number of likely N-dealkylation sites (tertiary alicyclic amines) is 1. The summed E-state index contributed by atoms with van der Waals surface area (Å²) in [4.78, 5) is 8.51. The first-order chi connectivity index (χ1) is 7.22. The fraction of sp³-hybridized carbons (Fsp3) is 0.727. The van der Waals surface area contributed by atoms with E-state index in [1.807, 2.05) is 11.3 Å². The van der Waals surface area contributed by atoms with Crippen LogP contribution in [0.25, 0.3) is 0 Å². The van der Waals surface area contributed by atoms with E-state index in [9.17, 15) is 0 Å². The number of aromatic nitrogens is 1. The van der Waals surface area contributed by atoms with Crippen molar-refractivity contribution >= 4 is 11.3 Å². The van der Waals surface area contributed by atoms with Crippen LogP contribution in [-0.2, 0) is 6.42 Å². The molecule has 1 fully saturated rings. The Labute approximate surface area is 95.3 Å².